The van der Waals surface area contributed by atoms with Crippen molar-refractivity contribution in [1.29, 1.82) is 0 Å². The average molecular weight is 702 g/mol. The van der Waals surface area contributed by atoms with Crippen LogP contribution in [-0.4, -0.2) is 19.1 Å². The molecular formula is C50H31N5. The van der Waals surface area contributed by atoms with Gasteiger partial charge in [-0.05, 0) is 71.8 Å². The van der Waals surface area contributed by atoms with Gasteiger partial charge in [-0.15, -0.1) is 0 Å². The highest BCUT2D eigenvalue weighted by Gasteiger charge is 2.29. The molecule has 0 fully saturated rings. The average Bonchev–Trinajstić information content (AvgIpc) is 3.77. The molecule has 0 saturated heterocycles. The third-order valence-electron chi connectivity index (χ3n) is 11.2. The molecule has 4 heterocycles. The molecule has 8 aromatic carbocycles. The first-order valence-electron chi connectivity index (χ1n) is 18.7. The van der Waals surface area contributed by atoms with Crippen LogP contribution in [0.5, 0.6) is 0 Å². The van der Waals surface area contributed by atoms with Gasteiger partial charge in [-0.1, -0.05) is 127 Å². The van der Waals surface area contributed by atoms with Crippen LogP contribution in [0, 0.1) is 0 Å². The van der Waals surface area contributed by atoms with Gasteiger partial charge in [0.05, 0.1) is 50.0 Å². The van der Waals surface area contributed by atoms with Crippen molar-refractivity contribution in [3.05, 3.63) is 188 Å². The molecule has 0 radical (unpaired) electrons. The molecule has 256 valence electrons. The summed E-state index contributed by atoms with van der Waals surface area (Å²) >= 11 is 0. The van der Waals surface area contributed by atoms with E-state index in [0.717, 1.165) is 61.3 Å². The molecule has 11 aromatic rings. The van der Waals surface area contributed by atoms with Crippen LogP contribution in [0.4, 0.5) is 17.1 Å². The zero-order valence-corrected chi connectivity index (χ0v) is 29.6. The zero-order valence-electron chi connectivity index (χ0n) is 29.6. The SMILES string of the molecule is c1ccc(-c2cccc(-n3c4ccccc4c4ccc5c(c6ccccc6n5-c5nc6c7c(cccc7n5)N(c5ccccc5)c5ccccc5-6)c43)c2)cc1. The fourth-order valence-electron chi connectivity index (χ4n) is 8.94. The van der Waals surface area contributed by atoms with Crippen molar-refractivity contribution in [1.82, 2.24) is 19.1 Å². The maximum Gasteiger partial charge on any atom is 0.235 e. The van der Waals surface area contributed by atoms with Gasteiger partial charge in [-0.3, -0.25) is 4.57 Å². The minimum atomic E-state index is 0.655. The molecule has 5 nitrogen and oxygen atoms in total. The van der Waals surface area contributed by atoms with E-state index < -0.39 is 0 Å². The van der Waals surface area contributed by atoms with Gasteiger partial charge in [0.15, 0.2) is 0 Å². The van der Waals surface area contributed by atoms with E-state index in [2.05, 4.69) is 202 Å². The van der Waals surface area contributed by atoms with Crippen LogP contribution < -0.4 is 4.90 Å². The standard InChI is InChI=1S/C50H31N5/c1-3-15-32(16-4-1)33-17-13-20-35(31-33)54-41-25-10-7-21-36(41)37-29-30-45-46(49(37)54)38-22-8-11-26-42(38)55(45)50-51-40-24-14-28-44-47(40)48(52-50)39-23-9-12-27-43(39)53(44)34-18-5-2-6-19-34/h1-31H. The zero-order chi connectivity index (χ0) is 36.0. The Bertz CT molecular complexity index is 3320. The molecule has 3 aromatic heterocycles. The number of fused-ring (bicyclic) bond motifs is 9. The second-order valence-corrected chi connectivity index (χ2v) is 14.2. The van der Waals surface area contributed by atoms with Crippen LogP contribution in [0.3, 0.4) is 0 Å². The van der Waals surface area contributed by atoms with E-state index >= 15 is 0 Å². The van der Waals surface area contributed by atoms with Crippen LogP contribution >= 0.6 is 0 Å². The van der Waals surface area contributed by atoms with Crippen LogP contribution in [0.1, 0.15) is 0 Å². The van der Waals surface area contributed by atoms with Crippen LogP contribution in [0.2, 0.25) is 0 Å². The highest BCUT2D eigenvalue weighted by molar-refractivity contribution is 6.26. The minimum absolute atomic E-state index is 0.655. The highest BCUT2D eigenvalue weighted by atomic mass is 15.2. The van der Waals surface area contributed by atoms with E-state index in [1.807, 2.05) is 0 Å². The summed E-state index contributed by atoms with van der Waals surface area (Å²) in [5, 5.41) is 5.82. The lowest BCUT2D eigenvalue weighted by atomic mass is 9.96. The van der Waals surface area contributed by atoms with Gasteiger partial charge in [0.2, 0.25) is 5.95 Å². The van der Waals surface area contributed by atoms with Crippen molar-refractivity contribution < 1.29 is 0 Å². The Kier molecular flexibility index (Phi) is 6.27. The van der Waals surface area contributed by atoms with E-state index in [0.29, 0.717) is 5.95 Å². The fraction of sp³-hybridized carbons (Fsp3) is 0. The molecule has 0 unspecified atom stereocenters. The summed E-state index contributed by atoms with van der Waals surface area (Å²) < 4.78 is 4.71. The maximum atomic E-state index is 5.51. The van der Waals surface area contributed by atoms with Crippen molar-refractivity contribution in [2.24, 2.45) is 0 Å². The molecule has 0 N–H and O–H groups in total. The molecule has 1 aliphatic heterocycles. The third kappa shape index (κ3) is 4.29. The first-order chi connectivity index (χ1) is 27.3. The van der Waals surface area contributed by atoms with Crippen LogP contribution in [-0.2, 0) is 0 Å². The number of rotatable bonds is 4. The third-order valence-corrected chi connectivity index (χ3v) is 11.2. The number of para-hydroxylation sites is 4. The molecule has 0 spiro atoms. The number of hydrogen-bond acceptors (Lipinski definition) is 3. The summed E-state index contributed by atoms with van der Waals surface area (Å²) in [6.45, 7) is 0. The van der Waals surface area contributed by atoms with Gasteiger partial charge >= 0.3 is 0 Å². The molecule has 55 heavy (non-hydrogen) atoms. The lowest BCUT2D eigenvalue weighted by molar-refractivity contribution is 1.01. The van der Waals surface area contributed by atoms with Gasteiger partial charge < -0.3 is 9.47 Å². The molecule has 0 aliphatic carbocycles. The van der Waals surface area contributed by atoms with Crippen molar-refractivity contribution >= 4 is 71.6 Å². The predicted molar refractivity (Wildman–Crippen MR) is 227 cm³/mol. The Morgan fingerprint density at radius 2 is 1.04 bits per heavy atom. The Balaban J connectivity index is 1.17. The van der Waals surface area contributed by atoms with Gasteiger partial charge in [0.1, 0.15) is 0 Å². The summed E-state index contributed by atoms with van der Waals surface area (Å²) in [7, 11) is 0. The number of benzene rings is 8. The normalized spacial score (nSPS) is 12.3. The maximum absolute atomic E-state index is 5.51. The quantitative estimate of drug-likeness (QED) is 0.183. The van der Waals surface area contributed by atoms with Crippen LogP contribution in [0.25, 0.3) is 88.5 Å². The first-order valence-corrected chi connectivity index (χ1v) is 18.7. The van der Waals surface area contributed by atoms with Gasteiger partial charge in [-0.2, -0.15) is 0 Å². The van der Waals surface area contributed by atoms with Crippen molar-refractivity contribution in [3.8, 4) is 34.0 Å². The largest absolute Gasteiger partial charge is 0.309 e. The second-order valence-electron chi connectivity index (χ2n) is 14.2. The number of aromatic nitrogens is 4. The topological polar surface area (TPSA) is 38.9 Å². The summed E-state index contributed by atoms with van der Waals surface area (Å²) in [5.41, 5.74) is 14.2. The lowest BCUT2D eigenvalue weighted by Gasteiger charge is -2.32. The van der Waals surface area contributed by atoms with Crippen molar-refractivity contribution in [3.63, 3.8) is 0 Å². The molecule has 0 amide bonds. The predicted octanol–water partition coefficient (Wildman–Crippen LogP) is 12.9. The van der Waals surface area contributed by atoms with E-state index in [1.54, 1.807) is 0 Å². The lowest BCUT2D eigenvalue weighted by Crippen LogP contribution is -2.16. The van der Waals surface area contributed by atoms with Gasteiger partial charge in [-0.25, -0.2) is 9.97 Å². The first kappa shape index (κ1) is 30.0. The van der Waals surface area contributed by atoms with Crippen molar-refractivity contribution in [2.75, 3.05) is 4.90 Å². The summed E-state index contributed by atoms with van der Waals surface area (Å²) in [6, 6.07) is 67.1. The molecule has 5 heteroatoms. The second kappa shape index (κ2) is 11.5. The molecule has 0 atom stereocenters. The van der Waals surface area contributed by atoms with E-state index in [4.69, 9.17) is 9.97 Å². The van der Waals surface area contributed by atoms with Crippen LogP contribution in [0.15, 0.2) is 188 Å². The van der Waals surface area contributed by atoms with Crippen molar-refractivity contribution in [2.45, 2.75) is 0 Å². The molecular weight excluding hydrogens is 671 g/mol. The minimum Gasteiger partial charge on any atom is -0.309 e. The number of nitrogens with zero attached hydrogens (tertiary/aromatic N) is 5. The Labute approximate surface area is 316 Å². The summed E-state index contributed by atoms with van der Waals surface area (Å²) in [5.74, 6) is 0.655. The number of anilines is 3. The highest BCUT2D eigenvalue weighted by Crippen LogP contribution is 2.50. The number of hydrogen-bond donors (Lipinski definition) is 0. The summed E-state index contributed by atoms with van der Waals surface area (Å²) in [6.07, 6.45) is 0. The molecule has 0 saturated carbocycles. The smallest absolute Gasteiger partial charge is 0.235 e. The Morgan fingerprint density at radius 1 is 0.382 bits per heavy atom. The molecule has 1 aliphatic rings. The van der Waals surface area contributed by atoms with E-state index in [-0.39, 0.29) is 0 Å². The van der Waals surface area contributed by atoms with Gasteiger partial charge in [0.25, 0.3) is 0 Å². The monoisotopic (exact) mass is 701 g/mol. The molecule has 0 bridgehead atoms. The fourth-order valence-corrected chi connectivity index (χ4v) is 8.94. The van der Waals surface area contributed by atoms with E-state index in [9.17, 15) is 0 Å². The van der Waals surface area contributed by atoms with E-state index in [1.165, 1.54) is 38.3 Å². The molecule has 12 rings (SSSR count). The summed E-state index contributed by atoms with van der Waals surface area (Å²) in [4.78, 5) is 13.2. The Hall–Kier alpha value is -7.50. The Morgan fingerprint density at radius 3 is 1.89 bits per heavy atom. The van der Waals surface area contributed by atoms with Gasteiger partial charge in [0, 0.05) is 38.5 Å².